The maximum Gasteiger partial charge on any atom is 2.00 e. The molecule has 0 fully saturated rings. The summed E-state index contributed by atoms with van der Waals surface area (Å²) in [5.41, 5.74) is 7.96. The van der Waals surface area contributed by atoms with E-state index in [1.165, 1.54) is 110 Å². The zero-order valence-electron chi connectivity index (χ0n) is 38.1. The van der Waals surface area contributed by atoms with Gasteiger partial charge in [0.05, 0.1) is 12.7 Å². The fourth-order valence-electron chi connectivity index (χ4n) is 11.2. The first-order chi connectivity index (χ1) is 31.7. The standard InChI is InChI=1S/C31H21Br.C30H19BrO2.2CH4.CH3.BrH.Mg/c1-31(2)26-16-15-18(32)17-25(26)28-24-14-8-7-13-23(24)27-21-11-5-3-9-19(21)20-10-4-6-12-22(20)29(27)30(28)31;1-33-30(32)25-15-14-18(31)16-26(25)27-17-28-21-10-3-2-8-19(21)20-9-4-6-12-23(20)29(28)24-13-7-5-11-22(24)27;;;;;/h3-17H,1-2H3;2-17H,1H3;2*1H4;1H3;1H;/q;;;;-1;;+2/p-1. The molecule has 1 aliphatic rings. The van der Waals surface area contributed by atoms with Gasteiger partial charge in [0.2, 0.25) is 0 Å². The Kier molecular flexibility index (Phi) is 15.1. The molecule has 2 nitrogen and oxygen atoms in total. The van der Waals surface area contributed by atoms with E-state index in [-0.39, 0.29) is 73.7 Å². The van der Waals surface area contributed by atoms with Crippen LogP contribution in [-0.4, -0.2) is 36.1 Å². The number of methoxy groups -OCH3 is 1. The molecule has 70 heavy (non-hydrogen) atoms. The zero-order chi connectivity index (χ0) is 44.1. The maximum absolute atomic E-state index is 12.7. The molecule has 0 atom stereocenters. The van der Waals surface area contributed by atoms with Crippen LogP contribution in [0.2, 0.25) is 0 Å². The van der Waals surface area contributed by atoms with Gasteiger partial charge in [-0.15, -0.1) is 0 Å². The molecule has 0 N–H and O–H groups in total. The first-order valence-electron chi connectivity index (χ1n) is 22.0. The third-order valence-electron chi connectivity index (χ3n) is 13.9. The zero-order valence-corrected chi connectivity index (χ0v) is 44.2. The monoisotopic (exact) mass is 1110 g/mol. The second-order valence-corrected chi connectivity index (χ2v) is 19.4. The molecule has 0 radical (unpaired) electrons. The van der Waals surface area contributed by atoms with Crippen molar-refractivity contribution in [3.63, 3.8) is 0 Å². The van der Waals surface area contributed by atoms with Gasteiger partial charge in [-0.2, -0.15) is 0 Å². The topological polar surface area (TPSA) is 26.3 Å². The van der Waals surface area contributed by atoms with Crippen molar-refractivity contribution in [1.82, 2.24) is 0 Å². The number of carbonyl (C=O) groups excluding carboxylic acids is 1. The summed E-state index contributed by atoms with van der Waals surface area (Å²) in [7, 11) is 1.42. The molecule has 0 saturated carbocycles. The van der Waals surface area contributed by atoms with Crippen LogP contribution in [0, 0.1) is 7.43 Å². The van der Waals surface area contributed by atoms with E-state index in [0.717, 1.165) is 25.5 Å². The molecule has 0 spiro atoms. The van der Waals surface area contributed by atoms with Crippen LogP contribution in [0.3, 0.4) is 0 Å². The van der Waals surface area contributed by atoms with Gasteiger partial charge in [0.1, 0.15) is 0 Å². The summed E-state index contributed by atoms with van der Waals surface area (Å²) in [4.78, 5) is 12.7. The van der Waals surface area contributed by atoms with Gasteiger partial charge in [0.25, 0.3) is 0 Å². The Labute approximate surface area is 454 Å². The van der Waals surface area contributed by atoms with E-state index in [2.05, 4.69) is 216 Å². The molecule has 342 valence electrons. The summed E-state index contributed by atoms with van der Waals surface area (Å²) in [5.74, 6) is -0.343. The Morgan fingerprint density at radius 2 is 0.800 bits per heavy atom. The summed E-state index contributed by atoms with van der Waals surface area (Å²) >= 11 is 7.34. The normalized spacial score (nSPS) is 12.0. The third-order valence-corrected chi connectivity index (χ3v) is 14.9. The first-order valence-corrected chi connectivity index (χ1v) is 23.5. The summed E-state index contributed by atoms with van der Waals surface area (Å²) in [6.07, 6.45) is 0. The molecule has 0 aromatic heterocycles. The van der Waals surface area contributed by atoms with Crippen molar-refractivity contribution in [2.75, 3.05) is 7.11 Å². The Morgan fingerprint density at radius 1 is 0.429 bits per heavy atom. The minimum atomic E-state index is -0.343. The van der Waals surface area contributed by atoms with Gasteiger partial charge < -0.3 is 29.1 Å². The maximum atomic E-state index is 12.7. The second-order valence-electron chi connectivity index (χ2n) is 17.6. The molecular formula is C64H51Br3MgO2. The van der Waals surface area contributed by atoms with E-state index in [1.807, 2.05) is 18.2 Å². The summed E-state index contributed by atoms with van der Waals surface area (Å²) in [6.45, 7) is 4.79. The van der Waals surface area contributed by atoms with E-state index < -0.39 is 0 Å². The van der Waals surface area contributed by atoms with Crippen molar-refractivity contribution < 1.29 is 26.5 Å². The number of hydrogen-bond acceptors (Lipinski definition) is 2. The van der Waals surface area contributed by atoms with Crippen LogP contribution in [0.25, 0.3) is 108 Å². The minimum Gasteiger partial charge on any atom is -1.00 e. The number of carbonyl (C=O) groups is 1. The number of hydrogen-bond donors (Lipinski definition) is 0. The number of ether oxygens (including phenoxy) is 1. The molecule has 0 heterocycles. The molecule has 0 saturated heterocycles. The summed E-state index contributed by atoms with van der Waals surface area (Å²) < 4.78 is 7.16. The minimum absolute atomic E-state index is 0. The average molecular weight is 1120 g/mol. The number of halogens is 3. The van der Waals surface area contributed by atoms with Gasteiger partial charge in [-0.25, -0.2) is 4.79 Å². The second kappa shape index (κ2) is 20.3. The number of fused-ring (bicyclic) bond motifs is 21. The molecule has 0 aliphatic heterocycles. The van der Waals surface area contributed by atoms with Gasteiger partial charge in [-0.3, -0.25) is 0 Å². The van der Waals surface area contributed by atoms with Crippen LogP contribution in [0.5, 0.6) is 0 Å². The van der Waals surface area contributed by atoms with Crippen molar-refractivity contribution in [3.8, 4) is 22.3 Å². The predicted molar refractivity (Wildman–Crippen MR) is 308 cm³/mol. The fourth-order valence-corrected chi connectivity index (χ4v) is 11.9. The first kappa shape index (κ1) is 52.2. The van der Waals surface area contributed by atoms with Crippen LogP contribution in [0.15, 0.2) is 197 Å². The molecule has 13 rings (SSSR count). The van der Waals surface area contributed by atoms with Crippen molar-refractivity contribution in [2.45, 2.75) is 34.1 Å². The quantitative estimate of drug-likeness (QED) is 0.0746. The smallest absolute Gasteiger partial charge is 1.00 e. The van der Waals surface area contributed by atoms with E-state index in [1.54, 1.807) is 0 Å². The summed E-state index contributed by atoms with van der Waals surface area (Å²) in [5, 5.41) is 20.4. The average Bonchev–Trinajstić information content (AvgIpc) is 3.58. The van der Waals surface area contributed by atoms with Gasteiger partial charge in [-0.1, -0.05) is 212 Å². The van der Waals surface area contributed by atoms with Gasteiger partial charge in [0.15, 0.2) is 0 Å². The van der Waals surface area contributed by atoms with Crippen LogP contribution in [0.1, 0.15) is 50.2 Å². The molecular weight excluding hydrogens is 1060 g/mol. The SMILES string of the molecule is C.C.CC1(C)c2ccc(Br)cc2-c2c1c1c3ccccc3c3ccccc3c1c1ccccc21.COC(=O)c1ccc(Br)cc1-c1cc2c3ccccc3c3ccccc3c2c2ccccc12.[Br-].[CH3-].[Mg+2]. The molecule has 12 aromatic rings. The molecule has 0 unspecified atom stereocenters. The largest absolute Gasteiger partial charge is 2.00 e. The third kappa shape index (κ3) is 7.91. The number of benzene rings is 12. The van der Waals surface area contributed by atoms with Crippen LogP contribution in [-0.2, 0) is 10.2 Å². The Hall–Kier alpha value is -5.60. The fraction of sp³-hybridized carbons (Fsp3) is 0.0938. The number of esters is 1. The van der Waals surface area contributed by atoms with E-state index in [9.17, 15) is 4.79 Å². The molecule has 1 aliphatic carbocycles. The van der Waals surface area contributed by atoms with Crippen LogP contribution in [0.4, 0.5) is 0 Å². The van der Waals surface area contributed by atoms with Gasteiger partial charge >= 0.3 is 29.0 Å². The van der Waals surface area contributed by atoms with Crippen molar-refractivity contribution in [1.29, 1.82) is 0 Å². The Balaban J connectivity index is 0.000000193. The van der Waals surface area contributed by atoms with Crippen molar-refractivity contribution in [2.24, 2.45) is 0 Å². The van der Waals surface area contributed by atoms with Crippen molar-refractivity contribution in [3.05, 3.63) is 221 Å². The van der Waals surface area contributed by atoms with Gasteiger partial charge in [0, 0.05) is 14.4 Å². The van der Waals surface area contributed by atoms with E-state index in [0.29, 0.717) is 5.56 Å². The predicted octanol–water partition coefficient (Wildman–Crippen LogP) is 16.2. The number of rotatable bonds is 2. The van der Waals surface area contributed by atoms with Crippen molar-refractivity contribution >= 4 is 147 Å². The van der Waals surface area contributed by atoms with Crippen LogP contribution >= 0.6 is 31.9 Å². The molecule has 0 amide bonds. The molecule has 0 bridgehead atoms. The van der Waals surface area contributed by atoms with Gasteiger partial charge in [-0.05, 0) is 156 Å². The Bertz CT molecular complexity index is 4030. The van der Waals surface area contributed by atoms with E-state index in [4.69, 9.17) is 4.74 Å². The Morgan fingerprint density at radius 3 is 1.31 bits per heavy atom. The van der Waals surface area contributed by atoms with E-state index >= 15 is 0 Å². The summed E-state index contributed by atoms with van der Waals surface area (Å²) in [6, 6.07) is 67.2. The van der Waals surface area contributed by atoms with Crippen LogP contribution < -0.4 is 17.0 Å². The molecule has 6 heteroatoms. The molecule has 12 aromatic carbocycles.